The number of ether oxygens (including phenoxy) is 1. The van der Waals surface area contributed by atoms with E-state index >= 15 is 0 Å². The van der Waals surface area contributed by atoms with Gasteiger partial charge in [0, 0.05) is 15.4 Å². The molecule has 1 heterocycles. The minimum atomic E-state index is -0.182. The number of benzene rings is 4. The second kappa shape index (κ2) is 8.00. The Hall–Kier alpha value is -3.44. The molecular formula is C26H19BrN2O2. The van der Waals surface area contributed by atoms with Gasteiger partial charge in [-0.25, -0.2) is 4.99 Å². The van der Waals surface area contributed by atoms with Crippen molar-refractivity contribution in [2.24, 2.45) is 4.99 Å². The van der Waals surface area contributed by atoms with Gasteiger partial charge in [-0.05, 0) is 59.8 Å². The molecule has 0 atom stereocenters. The third-order valence-electron chi connectivity index (χ3n) is 5.33. The molecule has 0 spiro atoms. The Morgan fingerprint density at radius 2 is 1.74 bits per heavy atom. The molecule has 0 unspecified atom stereocenters. The first-order valence-corrected chi connectivity index (χ1v) is 10.9. The van der Waals surface area contributed by atoms with E-state index in [2.05, 4.69) is 45.3 Å². The van der Waals surface area contributed by atoms with Crippen molar-refractivity contribution >= 4 is 49.7 Å². The van der Waals surface area contributed by atoms with Gasteiger partial charge in [-0.3, -0.25) is 4.79 Å². The number of fused-ring (bicyclic) bond motifs is 2. The lowest BCUT2D eigenvalue weighted by Crippen LogP contribution is -2.14. The molecule has 4 aromatic carbocycles. The van der Waals surface area contributed by atoms with Crippen LogP contribution in [0.2, 0.25) is 0 Å². The van der Waals surface area contributed by atoms with Crippen molar-refractivity contribution in [1.29, 1.82) is 0 Å². The monoisotopic (exact) mass is 470 g/mol. The number of carbonyl (C=O) groups excluding carboxylic acids is 1. The number of hydrogen-bond acceptors (Lipinski definition) is 3. The highest BCUT2D eigenvalue weighted by atomic mass is 79.9. The average molecular weight is 471 g/mol. The quantitative estimate of drug-likeness (QED) is 0.348. The van der Waals surface area contributed by atoms with Crippen LogP contribution in [0.15, 0.2) is 88.3 Å². The van der Waals surface area contributed by atoms with Gasteiger partial charge < -0.3 is 10.1 Å². The number of nitrogens with one attached hydrogen (secondary N) is 1. The van der Waals surface area contributed by atoms with Gasteiger partial charge in [-0.1, -0.05) is 59.3 Å². The normalized spacial score (nSPS) is 14.0. The first-order valence-electron chi connectivity index (χ1n) is 10.1. The molecule has 0 bridgehead atoms. The lowest BCUT2D eigenvalue weighted by Gasteiger charge is -2.09. The Morgan fingerprint density at radius 3 is 2.55 bits per heavy atom. The number of anilines is 1. The molecule has 0 aliphatic carbocycles. The number of rotatable bonds is 4. The third-order valence-corrected chi connectivity index (χ3v) is 5.79. The highest BCUT2D eigenvalue weighted by Crippen LogP contribution is 2.34. The highest BCUT2D eigenvalue weighted by molar-refractivity contribution is 9.10. The van der Waals surface area contributed by atoms with Gasteiger partial charge in [0.2, 0.25) is 0 Å². The van der Waals surface area contributed by atoms with Crippen molar-refractivity contribution in [1.82, 2.24) is 0 Å². The van der Waals surface area contributed by atoms with Gasteiger partial charge in [-0.2, -0.15) is 0 Å². The van der Waals surface area contributed by atoms with Gasteiger partial charge >= 0.3 is 0 Å². The van der Waals surface area contributed by atoms with E-state index in [0.29, 0.717) is 17.1 Å². The molecule has 31 heavy (non-hydrogen) atoms. The van der Waals surface area contributed by atoms with Crippen molar-refractivity contribution in [3.63, 3.8) is 0 Å². The molecule has 4 aromatic rings. The molecule has 5 heteroatoms. The summed E-state index contributed by atoms with van der Waals surface area (Å²) in [5.41, 5.74) is 3.88. The van der Waals surface area contributed by atoms with E-state index in [9.17, 15) is 4.79 Å². The summed E-state index contributed by atoms with van der Waals surface area (Å²) in [6.07, 6.45) is 0.829. The number of halogens is 1. The Balaban J connectivity index is 1.44. The maximum absolute atomic E-state index is 12.6. The molecule has 1 amide bonds. The number of aryl methyl sites for hydroxylation is 1. The molecule has 4 nitrogen and oxygen atoms in total. The second-order valence-corrected chi connectivity index (χ2v) is 8.24. The topological polar surface area (TPSA) is 50.7 Å². The molecule has 1 aliphatic rings. The summed E-state index contributed by atoms with van der Waals surface area (Å²) < 4.78 is 7.04. The molecule has 0 saturated carbocycles. The van der Waals surface area contributed by atoms with Crippen molar-refractivity contribution < 1.29 is 9.53 Å². The first-order chi connectivity index (χ1) is 15.1. The lowest BCUT2D eigenvalue weighted by molar-refractivity contribution is -0.110. The van der Waals surface area contributed by atoms with Crippen molar-refractivity contribution in [3.8, 4) is 11.5 Å². The van der Waals surface area contributed by atoms with Crippen LogP contribution >= 0.6 is 15.9 Å². The fraction of sp³-hybridized carbons (Fsp3) is 0.0769. The van der Waals surface area contributed by atoms with Crippen LogP contribution in [0.25, 0.3) is 10.8 Å². The minimum absolute atomic E-state index is 0.182. The summed E-state index contributed by atoms with van der Waals surface area (Å²) in [5, 5.41) is 5.15. The molecule has 0 radical (unpaired) electrons. The van der Waals surface area contributed by atoms with E-state index in [-0.39, 0.29) is 5.91 Å². The number of aliphatic imine (C=N–C) groups is 1. The second-order valence-electron chi connectivity index (χ2n) is 7.33. The molecule has 1 N–H and O–H groups in total. The van der Waals surface area contributed by atoms with Crippen LogP contribution < -0.4 is 10.1 Å². The fourth-order valence-electron chi connectivity index (χ4n) is 3.81. The maximum Gasteiger partial charge on any atom is 0.275 e. The van der Waals surface area contributed by atoms with E-state index < -0.39 is 0 Å². The van der Waals surface area contributed by atoms with E-state index in [0.717, 1.165) is 44.2 Å². The summed E-state index contributed by atoms with van der Waals surface area (Å²) in [6.45, 7) is 2.07. The van der Waals surface area contributed by atoms with Crippen LogP contribution in [-0.2, 0) is 11.2 Å². The Morgan fingerprint density at radius 1 is 0.968 bits per heavy atom. The van der Waals surface area contributed by atoms with Gasteiger partial charge in [0.1, 0.15) is 17.2 Å². The first kappa shape index (κ1) is 19.5. The highest BCUT2D eigenvalue weighted by Gasteiger charge is 2.28. The predicted octanol–water partition coefficient (Wildman–Crippen LogP) is 7.03. The largest absolute Gasteiger partial charge is 0.457 e. The summed E-state index contributed by atoms with van der Waals surface area (Å²) in [7, 11) is 0. The number of amides is 1. The van der Waals surface area contributed by atoms with Crippen molar-refractivity contribution in [2.75, 3.05) is 5.32 Å². The van der Waals surface area contributed by atoms with Gasteiger partial charge in [-0.15, -0.1) is 0 Å². The minimum Gasteiger partial charge on any atom is -0.457 e. The lowest BCUT2D eigenvalue weighted by atomic mass is 10.0. The van der Waals surface area contributed by atoms with Gasteiger partial charge in [0.05, 0.1) is 11.4 Å². The standard InChI is InChI=1S/C26H19BrN2O2/c1-2-16-14-18(27)15-22-24(16)29-26(30)25(22)28-19-10-12-20(13-11-19)31-23-9-5-7-17-6-3-4-8-21(17)23/h3-15H,2H2,1H3,(H,28,29,30). The third kappa shape index (κ3) is 3.73. The van der Waals surface area contributed by atoms with Crippen molar-refractivity contribution in [3.05, 3.63) is 94.5 Å². The van der Waals surface area contributed by atoms with E-state index in [1.165, 1.54) is 0 Å². The smallest absolute Gasteiger partial charge is 0.275 e. The predicted molar refractivity (Wildman–Crippen MR) is 129 cm³/mol. The molecule has 0 aromatic heterocycles. The molecular weight excluding hydrogens is 452 g/mol. The van der Waals surface area contributed by atoms with E-state index in [1.54, 1.807) is 0 Å². The molecule has 1 aliphatic heterocycles. The number of nitrogens with zero attached hydrogens (tertiary/aromatic N) is 1. The zero-order valence-electron chi connectivity index (χ0n) is 16.9. The average Bonchev–Trinajstić information content (AvgIpc) is 3.10. The SMILES string of the molecule is CCc1cc(Br)cc2c1NC(=O)C2=Nc1ccc(Oc2cccc3ccccc23)cc1. The van der Waals surface area contributed by atoms with Crippen molar-refractivity contribution in [2.45, 2.75) is 13.3 Å². The Bertz CT molecular complexity index is 1340. The summed E-state index contributed by atoms with van der Waals surface area (Å²) in [4.78, 5) is 17.2. The number of hydrogen-bond donors (Lipinski definition) is 1. The zero-order valence-corrected chi connectivity index (χ0v) is 18.4. The van der Waals surface area contributed by atoms with Crippen LogP contribution in [0.1, 0.15) is 18.1 Å². The van der Waals surface area contributed by atoms with Crippen LogP contribution in [-0.4, -0.2) is 11.6 Å². The number of carbonyl (C=O) groups is 1. The van der Waals surface area contributed by atoms with Crippen LogP contribution in [0.4, 0.5) is 11.4 Å². The zero-order chi connectivity index (χ0) is 21.4. The van der Waals surface area contributed by atoms with E-state index in [4.69, 9.17) is 4.74 Å². The van der Waals surface area contributed by atoms with E-state index in [1.807, 2.05) is 66.7 Å². The van der Waals surface area contributed by atoms with Crippen LogP contribution in [0.5, 0.6) is 11.5 Å². The van der Waals surface area contributed by atoms with Gasteiger partial charge in [0.15, 0.2) is 0 Å². The van der Waals surface area contributed by atoms with Crippen LogP contribution in [0.3, 0.4) is 0 Å². The summed E-state index contributed by atoms with van der Waals surface area (Å²) in [6, 6.07) is 25.5. The van der Waals surface area contributed by atoms with Crippen LogP contribution in [0, 0.1) is 0 Å². The molecule has 152 valence electrons. The summed E-state index contributed by atoms with van der Waals surface area (Å²) in [5.74, 6) is 1.34. The summed E-state index contributed by atoms with van der Waals surface area (Å²) >= 11 is 3.54. The molecule has 0 fully saturated rings. The fourth-order valence-corrected chi connectivity index (χ4v) is 4.32. The Kier molecular flexibility index (Phi) is 5.04. The Labute approximate surface area is 188 Å². The molecule has 5 rings (SSSR count). The maximum atomic E-state index is 12.6. The molecule has 0 saturated heterocycles. The van der Waals surface area contributed by atoms with Gasteiger partial charge in [0.25, 0.3) is 5.91 Å².